The van der Waals surface area contributed by atoms with Gasteiger partial charge in [-0.1, -0.05) is 18.2 Å². The number of rotatable bonds is 4. The molecule has 0 saturated carbocycles. The Morgan fingerprint density at radius 2 is 1.97 bits per heavy atom. The molecule has 2 aliphatic heterocycles. The van der Waals surface area contributed by atoms with Gasteiger partial charge in [0, 0.05) is 37.0 Å². The highest BCUT2D eigenvalue weighted by Crippen LogP contribution is 2.36. The Balaban J connectivity index is 1.65. The Morgan fingerprint density at radius 1 is 1.17 bits per heavy atom. The fraction of sp³-hybridized carbons (Fsp3) is 0.476. The van der Waals surface area contributed by atoms with Gasteiger partial charge in [0.1, 0.15) is 5.82 Å². The Labute approximate surface area is 169 Å². The van der Waals surface area contributed by atoms with Gasteiger partial charge in [-0.3, -0.25) is 9.69 Å². The van der Waals surface area contributed by atoms with E-state index in [1.807, 2.05) is 4.90 Å². The van der Waals surface area contributed by atoms with Crippen molar-refractivity contribution in [3.05, 3.63) is 42.0 Å². The van der Waals surface area contributed by atoms with Crippen LogP contribution in [0.4, 0.5) is 10.3 Å². The molecule has 2 aliphatic rings. The van der Waals surface area contributed by atoms with Gasteiger partial charge in [0.15, 0.2) is 0 Å². The van der Waals surface area contributed by atoms with Gasteiger partial charge >= 0.3 is 0 Å². The van der Waals surface area contributed by atoms with Crippen LogP contribution in [0.1, 0.15) is 31.0 Å². The van der Waals surface area contributed by atoms with Gasteiger partial charge in [0.25, 0.3) is 0 Å². The van der Waals surface area contributed by atoms with Crippen LogP contribution in [0.25, 0.3) is 11.1 Å². The fourth-order valence-electron chi connectivity index (χ4n) is 4.11. The van der Waals surface area contributed by atoms with Gasteiger partial charge in [-0.05, 0) is 25.3 Å². The van der Waals surface area contributed by atoms with E-state index < -0.39 is 0 Å². The molecule has 7 nitrogen and oxygen atoms in total. The summed E-state index contributed by atoms with van der Waals surface area (Å²) in [6.45, 7) is 3.83. The van der Waals surface area contributed by atoms with E-state index in [1.165, 1.54) is 6.07 Å². The number of hydrogen-bond acceptors (Lipinski definition) is 6. The predicted molar refractivity (Wildman–Crippen MR) is 107 cm³/mol. The van der Waals surface area contributed by atoms with E-state index in [0.717, 1.165) is 32.4 Å². The number of morpholine rings is 1. The van der Waals surface area contributed by atoms with Crippen molar-refractivity contribution in [3.8, 4) is 11.1 Å². The lowest BCUT2D eigenvalue weighted by Crippen LogP contribution is -2.47. The second-order valence-electron chi connectivity index (χ2n) is 7.49. The van der Waals surface area contributed by atoms with E-state index in [2.05, 4.69) is 14.9 Å². The number of piperidine rings is 1. The van der Waals surface area contributed by atoms with Crippen molar-refractivity contribution in [1.82, 2.24) is 19.8 Å². The zero-order valence-electron chi connectivity index (χ0n) is 16.4. The Bertz CT molecular complexity index is 872. The zero-order valence-corrected chi connectivity index (χ0v) is 16.4. The van der Waals surface area contributed by atoms with E-state index in [9.17, 15) is 9.18 Å². The van der Waals surface area contributed by atoms with Crippen LogP contribution in [0, 0.1) is 5.82 Å². The standard InChI is InChI=1S/C21H26FN5O2/c22-17-6-2-1-5-15(17)16-13-24-21(23)25-20(16)18-7-3-4-8-27(18)19(28)14-26-9-11-29-12-10-26/h1-2,5-6,13,18H,3-4,7-12,14H2,(H2,23,24,25)/t18-/m0/s1. The van der Waals surface area contributed by atoms with E-state index in [0.29, 0.717) is 43.1 Å². The molecule has 2 N–H and O–H groups in total. The van der Waals surface area contributed by atoms with E-state index in [-0.39, 0.29) is 23.7 Å². The number of nitrogens with zero attached hydrogens (tertiary/aromatic N) is 4. The van der Waals surface area contributed by atoms with Crippen molar-refractivity contribution < 1.29 is 13.9 Å². The molecule has 8 heteroatoms. The molecule has 1 amide bonds. The molecule has 0 aliphatic carbocycles. The van der Waals surface area contributed by atoms with Crippen molar-refractivity contribution in [1.29, 1.82) is 0 Å². The molecular formula is C21H26FN5O2. The summed E-state index contributed by atoms with van der Waals surface area (Å²) in [6.07, 6.45) is 4.26. The number of halogens is 1. The van der Waals surface area contributed by atoms with Crippen molar-refractivity contribution in [2.24, 2.45) is 0 Å². The van der Waals surface area contributed by atoms with Gasteiger partial charge in [-0.15, -0.1) is 0 Å². The minimum absolute atomic E-state index is 0.0632. The first-order valence-electron chi connectivity index (χ1n) is 10.1. The number of amides is 1. The van der Waals surface area contributed by atoms with Crippen LogP contribution in [0.15, 0.2) is 30.5 Å². The van der Waals surface area contributed by atoms with Crippen LogP contribution in [0.5, 0.6) is 0 Å². The molecule has 4 rings (SSSR count). The molecule has 0 unspecified atom stereocenters. The molecule has 1 aromatic heterocycles. The van der Waals surface area contributed by atoms with Crippen molar-refractivity contribution in [3.63, 3.8) is 0 Å². The maximum atomic E-state index is 14.5. The van der Waals surface area contributed by atoms with Gasteiger partial charge in [-0.25, -0.2) is 14.4 Å². The lowest BCUT2D eigenvalue weighted by Gasteiger charge is -2.38. The lowest BCUT2D eigenvalue weighted by molar-refractivity contribution is -0.137. The van der Waals surface area contributed by atoms with Crippen molar-refractivity contribution in [2.45, 2.75) is 25.3 Å². The average molecular weight is 399 g/mol. The normalized spacial score (nSPS) is 20.6. The highest BCUT2D eigenvalue weighted by Gasteiger charge is 2.32. The molecule has 0 spiro atoms. The summed E-state index contributed by atoms with van der Waals surface area (Å²) in [5.41, 5.74) is 7.52. The molecule has 0 bridgehead atoms. The molecule has 3 heterocycles. The topological polar surface area (TPSA) is 84.6 Å². The predicted octanol–water partition coefficient (Wildman–Crippen LogP) is 2.25. The first kappa shape index (κ1) is 19.7. The van der Waals surface area contributed by atoms with Gasteiger partial charge in [0.2, 0.25) is 11.9 Å². The summed E-state index contributed by atoms with van der Waals surface area (Å²) in [7, 11) is 0. The lowest BCUT2D eigenvalue weighted by atomic mass is 9.93. The highest BCUT2D eigenvalue weighted by atomic mass is 19.1. The molecule has 0 radical (unpaired) electrons. The van der Waals surface area contributed by atoms with Crippen LogP contribution in [0.2, 0.25) is 0 Å². The number of carbonyl (C=O) groups is 1. The number of ether oxygens (including phenoxy) is 1. The summed E-state index contributed by atoms with van der Waals surface area (Å²) in [5.74, 6) is -0.149. The molecule has 154 valence electrons. The van der Waals surface area contributed by atoms with Gasteiger partial charge in [-0.2, -0.15) is 0 Å². The van der Waals surface area contributed by atoms with Crippen molar-refractivity contribution >= 4 is 11.9 Å². The first-order chi connectivity index (χ1) is 14.1. The third-order valence-corrected chi connectivity index (χ3v) is 5.60. The number of nitrogen functional groups attached to an aromatic ring is 1. The van der Waals surface area contributed by atoms with Crippen molar-refractivity contribution in [2.75, 3.05) is 45.1 Å². The smallest absolute Gasteiger partial charge is 0.237 e. The van der Waals surface area contributed by atoms with Crippen LogP contribution >= 0.6 is 0 Å². The molecule has 29 heavy (non-hydrogen) atoms. The minimum Gasteiger partial charge on any atom is -0.379 e. The number of carbonyl (C=O) groups excluding carboxylic acids is 1. The van der Waals surface area contributed by atoms with Crippen LogP contribution in [-0.2, 0) is 9.53 Å². The monoisotopic (exact) mass is 399 g/mol. The van der Waals surface area contributed by atoms with Gasteiger partial charge < -0.3 is 15.4 Å². The summed E-state index contributed by atoms with van der Waals surface area (Å²) >= 11 is 0. The van der Waals surface area contributed by atoms with Crippen LogP contribution < -0.4 is 5.73 Å². The Hall–Kier alpha value is -2.58. The summed E-state index contributed by atoms with van der Waals surface area (Å²) in [4.78, 5) is 25.7. The number of aromatic nitrogens is 2. The number of benzene rings is 1. The third kappa shape index (κ3) is 4.38. The molecule has 2 aromatic rings. The number of anilines is 1. The summed E-state index contributed by atoms with van der Waals surface area (Å²) in [6, 6.07) is 6.31. The second-order valence-corrected chi connectivity index (χ2v) is 7.49. The van der Waals surface area contributed by atoms with E-state index in [1.54, 1.807) is 24.4 Å². The number of likely N-dealkylation sites (tertiary alicyclic amines) is 1. The molecule has 1 atom stereocenters. The zero-order chi connectivity index (χ0) is 20.2. The minimum atomic E-state index is -0.343. The highest BCUT2D eigenvalue weighted by molar-refractivity contribution is 5.79. The van der Waals surface area contributed by atoms with Crippen LogP contribution in [-0.4, -0.2) is 65.1 Å². The molecule has 1 aromatic carbocycles. The Kier molecular flexibility index (Phi) is 6.01. The largest absolute Gasteiger partial charge is 0.379 e. The summed E-state index contributed by atoms with van der Waals surface area (Å²) in [5, 5.41) is 0. The molecule has 2 fully saturated rings. The Morgan fingerprint density at radius 3 is 2.76 bits per heavy atom. The van der Waals surface area contributed by atoms with Gasteiger partial charge in [0.05, 0.1) is 31.5 Å². The number of hydrogen-bond donors (Lipinski definition) is 1. The summed E-state index contributed by atoms with van der Waals surface area (Å²) < 4.78 is 19.9. The van der Waals surface area contributed by atoms with E-state index >= 15 is 0 Å². The first-order valence-corrected chi connectivity index (χ1v) is 10.1. The molecule has 2 saturated heterocycles. The quantitative estimate of drug-likeness (QED) is 0.849. The second kappa shape index (κ2) is 8.84. The third-order valence-electron chi connectivity index (χ3n) is 5.60. The van der Waals surface area contributed by atoms with Crippen LogP contribution in [0.3, 0.4) is 0 Å². The SMILES string of the molecule is Nc1ncc(-c2ccccc2F)c([C@@H]2CCCCN2C(=O)CN2CCOCC2)n1. The number of nitrogens with two attached hydrogens (primary N) is 1. The molecular weight excluding hydrogens is 373 g/mol. The maximum Gasteiger partial charge on any atom is 0.237 e. The maximum absolute atomic E-state index is 14.5. The fourth-order valence-corrected chi connectivity index (χ4v) is 4.11. The average Bonchev–Trinajstić information content (AvgIpc) is 2.75. The van der Waals surface area contributed by atoms with E-state index in [4.69, 9.17) is 10.5 Å².